The van der Waals surface area contributed by atoms with Crippen molar-refractivity contribution in [2.45, 2.75) is 13.8 Å². The number of rotatable bonds is 6. The summed E-state index contributed by atoms with van der Waals surface area (Å²) in [5, 5.41) is 13.6. The number of amides is 1. The molecule has 0 unspecified atom stereocenters. The van der Waals surface area contributed by atoms with Crippen LogP contribution in [0.4, 0.5) is 17.3 Å². The van der Waals surface area contributed by atoms with E-state index in [0.29, 0.717) is 0 Å². The maximum atomic E-state index is 11.2. The molecule has 0 aromatic carbocycles. The van der Waals surface area contributed by atoms with E-state index >= 15 is 0 Å². The summed E-state index contributed by atoms with van der Waals surface area (Å²) in [6.45, 7) is 3.50. The average molecular weight is 268 g/mol. The molecule has 6 N–H and O–H groups in total. The van der Waals surface area contributed by atoms with Crippen molar-refractivity contribution in [3.05, 3.63) is 22.2 Å². The van der Waals surface area contributed by atoms with Gasteiger partial charge in [-0.25, -0.2) is 10.8 Å². The molecule has 0 aliphatic rings. The minimum Gasteiger partial charge on any atom is -0.369 e. The van der Waals surface area contributed by atoms with Gasteiger partial charge in [0.2, 0.25) is 5.91 Å². The predicted molar refractivity (Wildman–Crippen MR) is 70.2 cm³/mol. The van der Waals surface area contributed by atoms with E-state index in [1.165, 1.54) is 12.1 Å². The molecule has 0 aliphatic heterocycles. The van der Waals surface area contributed by atoms with Crippen LogP contribution in [0, 0.1) is 15.5 Å². The van der Waals surface area contributed by atoms with Gasteiger partial charge in [0.05, 0.1) is 22.5 Å². The van der Waals surface area contributed by atoms with Crippen LogP contribution in [0.15, 0.2) is 12.1 Å². The van der Waals surface area contributed by atoms with E-state index < -0.39 is 16.2 Å². The summed E-state index contributed by atoms with van der Waals surface area (Å²) >= 11 is 0. The van der Waals surface area contributed by atoms with Crippen LogP contribution in [0.2, 0.25) is 0 Å². The smallest absolute Gasteiger partial charge is 0.276 e. The molecule has 104 valence electrons. The number of carbonyl (C=O) groups excluding carboxylic acids is 1. The number of aromatic nitrogens is 1. The largest absolute Gasteiger partial charge is 0.369 e. The van der Waals surface area contributed by atoms with Crippen molar-refractivity contribution in [1.82, 2.24) is 4.98 Å². The minimum absolute atomic E-state index is 0.147. The number of nitrogen functional groups attached to an aromatic ring is 1. The quantitative estimate of drug-likeness (QED) is 0.327. The van der Waals surface area contributed by atoms with Crippen molar-refractivity contribution in [3.63, 3.8) is 0 Å². The van der Waals surface area contributed by atoms with Crippen molar-refractivity contribution in [1.29, 1.82) is 0 Å². The first-order valence-corrected chi connectivity index (χ1v) is 5.43. The summed E-state index contributed by atoms with van der Waals surface area (Å²) in [5.41, 5.74) is 6.50. The lowest BCUT2D eigenvalue weighted by Gasteiger charge is -2.21. The predicted octanol–water partition coefficient (Wildman–Crippen LogP) is 0.199. The normalized spacial score (nSPS) is 10.9. The highest BCUT2D eigenvalue weighted by molar-refractivity contribution is 5.80. The Morgan fingerprint density at radius 2 is 2.05 bits per heavy atom. The molecule has 9 heteroatoms. The van der Waals surface area contributed by atoms with E-state index in [-0.39, 0.29) is 23.9 Å². The molecular formula is C10H16N6O3. The summed E-state index contributed by atoms with van der Waals surface area (Å²) in [5.74, 6) is 5.08. The molecule has 1 aromatic heterocycles. The van der Waals surface area contributed by atoms with Gasteiger partial charge in [-0.1, -0.05) is 0 Å². The molecule has 0 fully saturated rings. The van der Waals surface area contributed by atoms with Gasteiger partial charge in [-0.05, 0) is 13.8 Å². The number of pyridine rings is 1. The number of carbonyl (C=O) groups is 1. The molecule has 1 aromatic rings. The van der Waals surface area contributed by atoms with E-state index in [1.54, 1.807) is 13.8 Å². The SMILES string of the molecule is CC(C)(CNc1cc([N+](=O)[O-])cc(NN)n1)C(N)=O. The molecule has 19 heavy (non-hydrogen) atoms. The Kier molecular flexibility index (Phi) is 4.22. The van der Waals surface area contributed by atoms with E-state index in [4.69, 9.17) is 11.6 Å². The zero-order valence-electron chi connectivity index (χ0n) is 10.6. The second kappa shape index (κ2) is 5.48. The Morgan fingerprint density at radius 3 is 2.53 bits per heavy atom. The average Bonchev–Trinajstić information content (AvgIpc) is 2.35. The number of anilines is 2. The van der Waals surface area contributed by atoms with E-state index in [2.05, 4.69) is 15.7 Å². The van der Waals surface area contributed by atoms with Crippen LogP contribution >= 0.6 is 0 Å². The minimum atomic E-state index is -0.803. The number of nitrogens with one attached hydrogen (secondary N) is 2. The zero-order chi connectivity index (χ0) is 14.6. The molecule has 0 spiro atoms. The first kappa shape index (κ1) is 14.6. The topological polar surface area (TPSA) is 149 Å². The fourth-order valence-electron chi connectivity index (χ4n) is 1.18. The Labute approximate surface area is 109 Å². The number of primary amides is 1. The van der Waals surface area contributed by atoms with Crippen molar-refractivity contribution in [3.8, 4) is 0 Å². The third kappa shape index (κ3) is 3.78. The van der Waals surface area contributed by atoms with Crippen LogP contribution in [-0.2, 0) is 4.79 Å². The highest BCUT2D eigenvalue weighted by Gasteiger charge is 2.25. The fraction of sp³-hybridized carbons (Fsp3) is 0.400. The van der Waals surface area contributed by atoms with Gasteiger partial charge in [-0.15, -0.1) is 0 Å². The molecule has 9 nitrogen and oxygen atoms in total. The molecule has 0 aliphatic carbocycles. The van der Waals surface area contributed by atoms with Crippen LogP contribution < -0.4 is 22.3 Å². The molecule has 1 heterocycles. The number of hydrogen-bond acceptors (Lipinski definition) is 7. The number of hydrogen-bond donors (Lipinski definition) is 4. The van der Waals surface area contributed by atoms with Crippen molar-refractivity contribution in [2.24, 2.45) is 17.0 Å². The van der Waals surface area contributed by atoms with Crippen molar-refractivity contribution >= 4 is 23.2 Å². The van der Waals surface area contributed by atoms with Crippen molar-refractivity contribution < 1.29 is 9.72 Å². The lowest BCUT2D eigenvalue weighted by Crippen LogP contribution is -2.37. The van der Waals surface area contributed by atoms with Crippen LogP contribution in [0.25, 0.3) is 0 Å². The Balaban J connectivity index is 2.92. The first-order chi connectivity index (χ1) is 8.76. The molecule has 1 amide bonds. The second-order valence-electron chi connectivity index (χ2n) is 4.60. The molecule has 0 radical (unpaired) electrons. The van der Waals surface area contributed by atoms with E-state index in [9.17, 15) is 14.9 Å². The molecule has 0 bridgehead atoms. The van der Waals surface area contributed by atoms with Gasteiger partial charge < -0.3 is 16.5 Å². The van der Waals surface area contributed by atoms with Gasteiger partial charge in [0, 0.05) is 6.54 Å². The first-order valence-electron chi connectivity index (χ1n) is 5.43. The van der Waals surface area contributed by atoms with Crippen LogP contribution in [0.3, 0.4) is 0 Å². The second-order valence-corrected chi connectivity index (χ2v) is 4.60. The van der Waals surface area contributed by atoms with E-state index in [0.717, 1.165) is 0 Å². The summed E-state index contributed by atoms with van der Waals surface area (Å²) in [4.78, 5) is 25.3. The summed E-state index contributed by atoms with van der Waals surface area (Å²) in [7, 11) is 0. The lowest BCUT2D eigenvalue weighted by molar-refractivity contribution is -0.384. The van der Waals surface area contributed by atoms with Gasteiger partial charge in [-0.3, -0.25) is 14.9 Å². The molecule has 1 rings (SSSR count). The highest BCUT2D eigenvalue weighted by atomic mass is 16.6. The summed E-state index contributed by atoms with van der Waals surface area (Å²) in [6.07, 6.45) is 0. The standard InChI is InChI=1S/C10H16N6O3/c1-10(2,9(11)17)5-13-7-3-6(16(18)19)4-8(14-7)15-12/h3-4H,5,12H2,1-2H3,(H2,11,17)(H2,13,14,15). The lowest BCUT2D eigenvalue weighted by atomic mass is 9.93. The van der Waals surface area contributed by atoms with Crippen LogP contribution in [0.1, 0.15) is 13.8 Å². The van der Waals surface area contributed by atoms with Gasteiger partial charge >= 0.3 is 0 Å². The maximum absolute atomic E-state index is 11.2. The Hall–Kier alpha value is -2.42. The Morgan fingerprint density at radius 1 is 1.47 bits per heavy atom. The Bertz CT molecular complexity index is 502. The summed E-state index contributed by atoms with van der Waals surface area (Å²) < 4.78 is 0. The molecule has 0 saturated carbocycles. The molecule has 0 atom stereocenters. The number of nitrogens with two attached hydrogens (primary N) is 2. The van der Waals surface area contributed by atoms with Gasteiger partial charge in [0.15, 0.2) is 0 Å². The van der Waals surface area contributed by atoms with Gasteiger partial charge in [0.1, 0.15) is 11.6 Å². The van der Waals surface area contributed by atoms with Crippen LogP contribution in [0.5, 0.6) is 0 Å². The number of hydrazine groups is 1. The van der Waals surface area contributed by atoms with Gasteiger partial charge in [0.25, 0.3) is 5.69 Å². The molecular weight excluding hydrogens is 252 g/mol. The third-order valence-corrected chi connectivity index (χ3v) is 2.55. The fourth-order valence-corrected chi connectivity index (χ4v) is 1.18. The van der Waals surface area contributed by atoms with Crippen molar-refractivity contribution in [2.75, 3.05) is 17.3 Å². The van der Waals surface area contributed by atoms with Crippen LogP contribution in [-0.4, -0.2) is 22.4 Å². The van der Waals surface area contributed by atoms with Gasteiger partial charge in [-0.2, -0.15) is 0 Å². The third-order valence-electron chi connectivity index (χ3n) is 2.55. The summed E-state index contributed by atoms with van der Waals surface area (Å²) in [6, 6.07) is 2.45. The maximum Gasteiger partial charge on any atom is 0.276 e. The van der Waals surface area contributed by atoms with E-state index in [1.807, 2.05) is 0 Å². The number of nitro groups is 1. The molecule has 0 saturated heterocycles. The zero-order valence-corrected chi connectivity index (χ0v) is 10.6. The number of nitrogens with zero attached hydrogens (tertiary/aromatic N) is 2. The highest BCUT2D eigenvalue weighted by Crippen LogP contribution is 2.21. The monoisotopic (exact) mass is 268 g/mol.